The fourth-order valence-corrected chi connectivity index (χ4v) is 4.89. The van der Waals surface area contributed by atoms with E-state index in [4.69, 9.17) is 4.74 Å². The third kappa shape index (κ3) is 6.08. The lowest BCUT2D eigenvalue weighted by molar-refractivity contribution is -0.0502. The molecule has 0 aliphatic carbocycles. The van der Waals surface area contributed by atoms with Gasteiger partial charge >= 0.3 is 0 Å². The van der Waals surface area contributed by atoms with Crippen molar-refractivity contribution in [3.8, 4) is 0 Å². The minimum Gasteiger partial charge on any atom is -0.373 e. The molecule has 3 aliphatic rings. The van der Waals surface area contributed by atoms with Crippen LogP contribution in [0, 0.1) is 5.92 Å². The van der Waals surface area contributed by atoms with Gasteiger partial charge in [-0.3, -0.25) is 9.89 Å². The minimum absolute atomic E-state index is 0. The molecule has 1 N–H and O–H groups in total. The summed E-state index contributed by atoms with van der Waals surface area (Å²) in [6.45, 7) is 11.6. The first-order chi connectivity index (χ1) is 14.2. The first-order valence-corrected chi connectivity index (χ1v) is 11.3. The molecule has 7 heteroatoms. The third-order valence-corrected chi connectivity index (χ3v) is 6.74. The summed E-state index contributed by atoms with van der Waals surface area (Å²) in [7, 11) is 1.90. The Hall–Kier alpha value is -0.900. The maximum absolute atomic E-state index is 6.13. The summed E-state index contributed by atoms with van der Waals surface area (Å²) in [4.78, 5) is 12.1. The molecule has 3 saturated heterocycles. The van der Waals surface area contributed by atoms with Gasteiger partial charge in [0.05, 0.1) is 18.8 Å². The van der Waals surface area contributed by atoms with Crippen molar-refractivity contribution in [2.45, 2.75) is 38.5 Å². The van der Waals surface area contributed by atoms with E-state index in [2.05, 4.69) is 62.3 Å². The highest BCUT2D eigenvalue weighted by atomic mass is 127. The molecule has 0 spiro atoms. The maximum atomic E-state index is 6.13. The van der Waals surface area contributed by atoms with Crippen LogP contribution in [0.25, 0.3) is 0 Å². The number of halogens is 1. The Morgan fingerprint density at radius 1 is 1.13 bits per heavy atom. The highest BCUT2D eigenvalue weighted by molar-refractivity contribution is 14.0. The molecule has 168 valence electrons. The van der Waals surface area contributed by atoms with Gasteiger partial charge in [-0.05, 0) is 37.4 Å². The van der Waals surface area contributed by atoms with Crippen LogP contribution in [0.4, 0.5) is 0 Å². The van der Waals surface area contributed by atoms with Crippen LogP contribution in [0.1, 0.15) is 25.3 Å². The van der Waals surface area contributed by atoms with Crippen molar-refractivity contribution >= 4 is 29.9 Å². The van der Waals surface area contributed by atoms with Crippen LogP contribution < -0.4 is 5.32 Å². The molecule has 3 heterocycles. The SMILES string of the molecule is CN=C(NCCN1CCC(C)CC1)N1CC2OCCN(Cc3ccccc3)C2C1.I. The van der Waals surface area contributed by atoms with Crippen molar-refractivity contribution in [2.24, 2.45) is 10.9 Å². The molecule has 3 aliphatic heterocycles. The number of likely N-dealkylation sites (tertiary alicyclic amines) is 2. The molecule has 0 radical (unpaired) electrons. The van der Waals surface area contributed by atoms with Crippen LogP contribution in [0.2, 0.25) is 0 Å². The van der Waals surface area contributed by atoms with Gasteiger partial charge in [-0.1, -0.05) is 37.3 Å². The summed E-state index contributed by atoms with van der Waals surface area (Å²) in [5, 5.41) is 3.60. The predicted molar refractivity (Wildman–Crippen MR) is 134 cm³/mol. The first-order valence-electron chi connectivity index (χ1n) is 11.3. The topological polar surface area (TPSA) is 43.3 Å². The monoisotopic (exact) mass is 527 g/mol. The highest BCUT2D eigenvalue weighted by Gasteiger charge is 2.41. The average Bonchev–Trinajstić information content (AvgIpc) is 3.18. The Bertz CT molecular complexity index is 665. The number of nitrogens with zero attached hydrogens (tertiary/aromatic N) is 4. The molecule has 0 aromatic heterocycles. The zero-order valence-corrected chi connectivity index (χ0v) is 20.8. The maximum Gasteiger partial charge on any atom is 0.193 e. The van der Waals surface area contributed by atoms with Gasteiger partial charge in [-0.2, -0.15) is 0 Å². The normalized spacial score (nSPS) is 26.3. The zero-order chi connectivity index (χ0) is 20.1. The number of morpholine rings is 1. The molecule has 2 unspecified atom stereocenters. The molecular formula is C23H38IN5O. The quantitative estimate of drug-likeness (QED) is 0.362. The molecule has 0 saturated carbocycles. The second-order valence-electron chi connectivity index (χ2n) is 8.84. The summed E-state index contributed by atoms with van der Waals surface area (Å²) < 4.78 is 6.13. The summed E-state index contributed by atoms with van der Waals surface area (Å²) in [5.74, 6) is 1.91. The molecule has 0 bridgehead atoms. The number of aliphatic imine (C=N–C) groups is 1. The molecule has 0 amide bonds. The Balaban J connectivity index is 0.00000256. The van der Waals surface area contributed by atoms with Gasteiger partial charge in [0, 0.05) is 46.3 Å². The molecule has 4 rings (SSSR count). The Kier molecular flexibility index (Phi) is 9.22. The van der Waals surface area contributed by atoms with E-state index in [0.29, 0.717) is 6.04 Å². The van der Waals surface area contributed by atoms with E-state index in [-0.39, 0.29) is 30.1 Å². The van der Waals surface area contributed by atoms with Gasteiger partial charge in [0.25, 0.3) is 0 Å². The van der Waals surface area contributed by atoms with Crippen LogP contribution >= 0.6 is 24.0 Å². The molecule has 6 nitrogen and oxygen atoms in total. The van der Waals surface area contributed by atoms with Crippen molar-refractivity contribution in [1.29, 1.82) is 0 Å². The van der Waals surface area contributed by atoms with Crippen LogP contribution in [0.5, 0.6) is 0 Å². The van der Waals surface area contributed by atoms with E-state index in [9.17, 15) is 0 Å². The van der Waals surface area contributed by atoms with Gasteiger partial charge in [0.2, 0.25) is 0 Å². The molecule has 2 atom stereocenters. The number of hydrogen-bond donors (Lipinski definition) is 1. The van der Waals surface area contributed by atoms with Crippen LogP contribution in [-0.2, 0) is 11.3 Å². The summed E-state index contributed by atoms with van der Waals surface area (Å²) in [6, 6.07) is 11.2. The fraction of sp³-hybridized carbons (Fsp3) is 0.696. The first kappa shape index (κ1) is 23.8. The largest absolute Gasteiger partial charge is 0.373 e. The number of guanidine groups is 1. The zero-order valence-electron chi connectivity index (χ0n) is 18.5. The van der Waals surface area contributed by atoms with Gasteiger partial charge in [0.1, 0.15) is 0 Å². The Labute approximate surface area is 199 Å². The van der Waals surface area contributed by atoms with Crippen molar-refractivity contribution in [3.05, 3.63) is 35.9 Å². The van der Waals surface area contributed by atoms with E-state index < -0.39 is 0 Å². The summed E-state index contributed by atoms with van der Waals surface area (Å²) in [5.41, 5.74) is 1.38. The lowest BCUT2D eigenvalue weighted by Crippen LogP contribution is -2.50. The minimum atomic E-state index is 0. The molecule has 1 aromatic rings. The van der Waals surface area contributed by atoms with Gasteiger partial charge in [-0.25, -0.2) is 0 Å². The highest BCUT2D eigenvalue weighted by Crippen LogP contribution is 2.24. The molecule has 3 fully saturated rings. The third-order valence-electron chi connectivity index (χ3n) is 6.74. The number of hydrogen-bond acceptors (Lipinski definition) is 4. The lowest BCUT2D eigenvalue weighted by atomic mass is 9.99. The van der Waals surface area contributed by atoms with E-state index in [0.717, 1.165) is 57.8 Å². The second kappa shape index (κ2) is 11.6. The van der Waals surface area contributed by atoms with Crippen molar-refractivity contribution < 1.29 is 4.74 Å². The lowest BCUT2D eigenvalue weighted by Gasteiger charge is -2.36. The molecule has 30 heavy (non-hydrogen) atoms. The smallest absolute Gasteiger partial charge is 0.193 e. The van der Waals surface area contributed by atoms with Crippen LogP contribution in [0.15, 0.2) is 35.3 Å². The number of nitrogens with one attached hydrogen (secondary N) is 1. The predicted octanol–water partition coefficient (Wildman–Crippen LogP) is 2.50. The van der Waals surface area contributed by atoms with Crippen LogP contribution in [0.3, 0.4) is 0 Å². The van der Waals surface area contributed by atoms with E-state index in [1.807, 2.05) is 7.05 Å². The summed E-state index contributed by atoms with van der Waals surface area (Å²) in [6.07, 6.45) is 2.94. The number of piperidine rings is 1. The number of fused-ring (bicyclic) bond motifs is 1. The Morgan fingerprint density at radius 2 is 1.90 bits per heavy atom. The number of benzene rings is 1. The van der Waals surface area contributed by atoms with E-state index in [1.54, 1.807) is 0 Å². The number of rotatable bonds is 5. The van der Waals surface area contributed by atoms with E-state index in [1.165, 1.54) is 31.5 Å². The number of ether oxygens (including phenoxy) is 1. The van der Waals surface area contributed by atoms with E-state index >= 15 is 0 Å². The molecular weight excluding hydrogens is 489 g/mol. The fourth-order valence-electron chi connectivity index (χ4n) is 4.89. The van der Waals surface area contributed by atoms with Gasteiger partial charge in [-0.15, -0.1) is 24.0 Å². The summed E-state index contributed by atoms with van der Waals surface area (Å²) >= 11 is 0. The van der Waals surface area contributed by atoms with Crippen LogP contribution in [-0.4, -0.2) is 92.3 Å². The van der Waals surface area contributed by atoms with Crippen molar-refractivity contribution in [3.63, 3.8) is 0 Å². The standard InChI is InChI=1S/C23H37N5O.HI/c1-19-8-11-26(12-9-19)13-10-25-23(24-2)28-17-21-22(18-28)29-15-14-27(21)16-20-6-4-3-5-7-20;/h3-7,19,21-22H,8-18H2,1-2H3,(H,24,25);1H. The van der Waals surface area contributed by atoms with Crippen molar-refractivity contribution in [2.75, 3.05) is 59.5 Å². The second-order valence-corrected chi connectivity index (χ2v) is 8.84. The van der Waals surface area contributed by atoms with Crippen molar-refractivity contribution in [1.82, 2.24) is 20.0 Å². The van der Waals surface area contributed by atoms with Gasteiger partial charge < -0.3 is 19.9 Å². The molecule has 1 aromatic carbocycles. The van der Waals surface area contributed by atoms with Gasteiger partial charge in [0.15, 0.2) is 5.96 Å². The Morgan fingerprint density at radius 3 is 2.63 bits per heavy atom. The average molecular weight is 527 g/mol.